The maximum atomic E-state index is 4.77. The van der Waals surface area contributed by atoms with Gasteiger partial charge < -0.3 is 5.32 Å². The highest BCUT2D eigenvalue weighted by Crippen LogP contribution is 2.31. The van der Waals surface area contributed by atoms with Crippen LogP contribution in [0.1, 0.15) is 37.9 Å². The average molecular weight is 387 g/mol. The Morgan fingerprint density at radius 1 is 1.37 bits per heavy atom. The third-order valence-corrected chi connectivity index (χ3v) is 4.91. The largest absolute Gasteiger partial charge is 0.369 e. The van der Waals surface area contributed by atoms with Gasteiger partial charge in [0, 0.05) is 6.54 Å². The lowest BCUT2D eigenvalue weighted by molar-refractivity contribution is 0.809. The van der Waals surface area contributed by atoms with Gasteiger partial charge in [-0.15, -0.1) is 11.3 Å². The van der Waals surface area contributed by atoms with E-state index < -0.39 is 0 Å². The first-order valence-electron chi connectivity index (χ1n) is 6.40. The number of aryl methyl sites for hydroxylation is 1. The second-order valence-electron chi connectivity index (χ2n) is 4.71. The van der Waals surface area contributed by atoms with E-state index >= 15 is 0 Å². The quantitative estimate of drug-likeness (QED) is 0.775. The van der Waals surface area contributed by atoms with E-state index in [1.54, 1.807) is 11.3 Å². The van der Waals surface area contributed by atoms with Crippen molar-refractivity contribution in [1.29, 1.82) is 0 Å². The van der Waals surface area contributed by atoms with Crippen LogP contribution in [0.3, 0.4) is 0 Å². The fraction of sp³-hybridized carbons (Fsp3) is 0.429. The second-order valence-corrected chi connectivity index (χ2v) is 6.71. The Kier molecular flexibility index (Phi) is 4.78. The third kappa shape index (κ3) is 3.08. The zero-order chi connectivity index (χ0) is 14.0. The molecule has 0 fully saturated rings. The van der Waals surface area contributed by atoms with Gasteiger partial charge in [0.2, 0.25) is 0 Å². The van der Waals surface area contributed by atoms with Crippen molar-refractivity contribution in [3.8, 4) is 10.7 Å². The molecule has 19 heavy (non-hydrogen) atoms. The number of hydrogen-bond donors (Lipinski definition) is 1. The summed E-state index contributed by atoms with van der Waals surface area (Å²) in [4.78, 5) is 10.6. The van der Waals surface area contributed by atoms with Gasteiger partial charge in [-0.3, -0.25) is 0 Å². The van der Waals surface area contributed by atoms with Crippen LogP contribution in [-0.2, 0) is 0 Å². The van der Waals surface area contributed by atoms with Gasteiger partial charge in [0.1, 0.15) is 5.82 Å². The van der Waals surface area contributed by atoms with Crippen molar-refractivity contribution < 1.29 is 0 Å². The van der Waals surface area contributed by atoms with Crippen LogP contribution in [-0.4, -0.2) is 16.5 Å². The molecule has 0 spiro atoms. The van der Waals surface area contributed by atoms with Crippen molar-refractivity contribution >= 4 is 39.7 Å². The summed E-state index contributed by atoms with van der Waals surface area (Å²) in [6, 6.07) is 2.11. The van der Waals surface area contributed by atoms with Gasteiger partial charge in [-0.25, -0.2) is 9.97 Å². The Bertz CT molecular complexity index is 578. The van der Waals surface area contributed by atoms with Crippen molar-refractivity contribution in [2.45, 2.75) is 33.6 Å². The van der Waals surface area contributed by atoms with Crippen molar-refractivity contribution in [3.05, 3.63) is 26.3 Å². The minimum Gasteiger partial charge on any atom is -0.369 e. The maximum absolute atomic E-state index is 4.77. The molecule has 0 aliphatic heterocycles. The van der Waals surface area contributed by atoms with Crippen LogP contribution in [0.25, 0.3) is 10.7 Å². The predicted octanol–water partition coefficient (Wildman–Crippen LogP) is 4.67. The summed E-state index contributed by atoms with van der Waals surface area (Å²) in [5, 5.41) is 5.43. The van der Waals surface area contributed by atoms with Crippen molar-refractivity contribution in [2.24, 2.45) is 0 Å². The predicted molar refractivity (Wildman–Crippen MR) is 91.1 cm³/mol. The monoisotopic (exact) mass is 387 g/mol. The fourth-order valence-electron chi connectivity index (χ4n) is 1.83. The molecule has 1 N–H and O–H groups in total. The van der Waals surface area contributed by atoms with Crippen molar-refractivity contribution in [1.82, 2.24) is 9.97 Å². The van der Waals surface area contributed by atoms with Gasteiger partial charge in [0.25, 0.3) is 0 Å². The van der Waals surface area contributed by atoms with Crippen LogP contribution in [0.4, 0.5) is 5.82 Å². The molecule has 3 nitrogen and oxygen atoms in total. The highest BCUT2D eigenvalue weighted by Gasteiger charge is 2.16. The molecule has 0 atom stereocenters. The first-order chi connectivity index (χ1) is 9.04. The Balaban J connectivity index is 2.59. The second kappa shape index (κ2) is 6.17. The number of thiophene rings is 1. The average Bonchev–Trinajstić information content (AvgIpc) is 2.78. The zero-order valence-electron chi connectivity index (χ0n) is 11.6. The Morgan fingerprint density at radius 2 is 2.11 bits per heavy atom. The number of aromatic nitrogens is 2. The molecule has 0 bridgehead atoms. The Hall–Kier alpha value is -0.690. The molecular weight excluding hydrogens is 369 g/mol. The molecule has 2 aromatic heterocycles. The normalized spacial score (nSPS) is 11.1. The Labute approximate surface area is 132 Å². The van der Waals surface area contributed by atoms with E-state index in [0.717, 1.165) is 32.3 Å². The minimum absolute atomic E-state index is 0.395. The number of rotatable bonds is 4. The van der Waals surface area contributed by atoms with E-state index in [1.807, 2.05) is 0 Å². The molecule has 0 saturated carbocycles. The van der Waals surface area contributed by atoms with Crippen LogP contribution in [0.5, 0.6) is 0 Å². The SMILES string of the molecule is CCNc1nc(-c2sccc2C)nc(C(C)C)c1I. The van der Waals surface area contributed by atoms with Crippen molar-refractivity contribution in [2.75, 3.05) is 11.9 Å². The standard InChI is InChI=1S/C14H18IN3S/c1-5-16-13-10(15)11(8(2)3)17-14(18-13)12-9(4)6-7-19-12/h6-8H,5H2,1-4H3,(H,16,17,18). The molecular formula is C14H18IN3S. The summed E-state index contributed by atoms with van der Waals surface area (Å²) < 4.78 is 1.13. The molecule has 0 aromatic carbocycles. The van der Waals surface area contributed by atoms with Crippen LogP contribution in [0.15, 0.2) is 11.4 Å². The van der Waals surface area contributed by atoms with E-state index in [-0.39, 0.29) is 0 Å². The molecule has 0 saturated heterocycles. The molecule has 0 aliphatic carbocycles. The number of halogens is 1. The van der Waals surface area contributed by atoms with E-state index in [0.29, 0.717) is 5.92 Å². The lowest BCUT2D eigenvalue weighted by Gasteiger charge is -2.14. The van der Waals surface area contributed by atoms with E-state index in [4.69, 9.17) is 4.98 Å². The molecule has 2 aromatic rings. The minimum atomic E-state index is 0.395. The van der Waals surface area contributed by atoms with Gasteiger partial charge in [0.05, 0.1) is 14.1 Å². The lowest BCUT2D eigenvalue weighted by Crippen LogP contribution is -2.08. The van der Waals surface area contributed by atoms with E-state index in [1.165, 1.54) is 5.56 Å². The Morgan fingerprint density at radius 3 is 2.63 bits per heavy atom. The van der Waals surface area contributed by atoms with Gasteiger partial charge in [0.15, 0.2) is 5.82 Å². The molecule has 0 aliphatic rings. The summed E-state index contributed by atoms with van der Waals surface area (Å²) in [6.45, 7) is 9.41. The van der Waals surface area contributed by atoms with Crippen LogP contribution >= 0.6 is 33.9 Å². The van der Waals surface area contributed by atoms with Gasteiger partial charge in [-0.1, -0.05) is 13.8 Å². The molecule has 0 radical (unpaired) electrons. The summed E-state index contributed by atoms with van der Waals surface area (Å²) in [7, 11) is 0. The molecule has 0 amide bonds. The molecule has 2 rings (SSSR count). The first kappa shape index (κ1) is 14.7. The topological polar surface area (TPSA) is 37.8 Å². The summed E-state index contributed by atoms with van der Waals surface area (Å²) >= 11 is 4.04. The highest BCUT2D eigenvalue weighted by molar-refractivity contribution is 14.1. The summed E-state index contributed by atoms with van der Waals surface area (Å²) in [5.74, 6) is 2.18. The summed E-state index contributed by atoms with van der Waals surface area (Å²) in [6.07, 6.45) is 0. The first-order valence-corrected chi connectivity index (χ1v) is 8.36. The van der Waals surface area contributed by atoms with Gasteiger partial charge in [-0.05, 0) is 59.4 Å². The molecule has 102 valence electrons. The van der Waals surface area contributed by atoms with Gasteiger partial charge in [-0.2, -0.15) is 0 Å². The summed E-state index contributed by atoms with van der Waals surface area (Å²) in [5.41, 5.74) is 2.36. The maximum Gasteiger partial charge on any atom is 0.172 e. The third-order valence-electron chi connectivity index (χ3n) is 2.83. The smallest absolute Gasteiger partial charge is 0.172 e. The molecule has 0 unspecified atom stereocenters. The number of nitrogens with one attached hydrogen (secondary N) is 1. The van der Waals surface area contributed by atoms with Crippen LogP contribution < -0.4 is 5.32 Å². The van der Waals surface area contributed by atoms with Crippen LogP contribution in [0.2, 0.25) is 0 Å². The van der Waals surface area contributed by atoms with Crippen LogP contribution in [0, 0.1) is 10.5 Å². The fourth-order valence-corrected chi connectivity index (χ4v) is 3.75. The highest BCUT2D eigenvalue weighted by atomic mass is 127. The van der Waals surface area contributed by atoms with Gasteiger partial charge >= 0.3 is 0 Å². The van der Waals surface area contributed by atoms with E-state index in [9.17, 15) is 0 Å². The number of nitrogens with zero attached hydrogens (tertiary/aromatic N) is 2. The number of hydrogen-bond acceptors (Lipinski definition) is 4. The zero-order valence-corrected chi connectivity index (χ0v) is 14.6. The molecule has 5 heteroatoms. The lowest BCUT2D eigenvalue weighted by atomic mass is 10.1. The number of anilines is 1. The van der Waals surface area contributed by atoms with Crippen molar-refractivity contribution in [3.63, 3.8) is 0 Å². The molecule has 2 heterocycles. The van der Waals surface area contributed by atoms with E-state index in [2.05, 4.69) is 72.0 Å².